The summed E-state index contributed by atoms with van der Waals surface area (Å²) in [6, 6.07) is 10.1. The second kappa shape index (κ2) is 12.3. The summed E-state index contributed by atoms with van der Waals surface area (Å²) in [6.07, 6.45) is 12.5. The average Bonchev–Trinajstić information content (AvgIpc) is 3.78. The monoisotopic (exact) mass is 542 g/mol. The van der Waals surface area contributed by atoms with E-state index < -0.39 is 0 Å². The van der Waals surface area contributed by atoms with Crippen LogP contribution in [0.3, 0.4) is 0 Å². The van der Waals surface area contributed by atoms with Crippen molar-refractivity contribution in [3.05, 3.63) is 64.0 Å². The van der Waals surface area contributed by atoms with Gasteiger partial charge in [0.25, 0.3) is 0 Å². The van der Waals surface area contributed by atoms with E-state index in [1.54, 1.807) is 0 Å². The van der Waals surface area contributed by atoms with Crippen LogP contribution in [0.15, 0.2) is 35.3 Å². The maximum Gasteiger partial charge on any atom is 0.151 e. The molecule has 1 N–H and O–H groups in total. The molecule has 0 amide bonds. The molecule has 6 rings (SSSR count). The van der Waals surface area contributed by atoms with Crippen molar-refractivity contribution in [3.63, 3.8) is 0 Å². The molecule has 4 aliphatic rings. The molecule has 1 aromatic heterocycles. The number of ether oxygens (including phenoxy) is 1. The van der Waals surface area contributed by atoms with Gasteiger partial charge in [-0.1, -0.05) is 45.0 Å². The van der Waals surface area contributed by atoms with Crippen molar-refractivity contribution in [2.24, 2.45) is 28.7 Å². The van der Waals surface area contributed by atoms with Gasteiger partial charge in [-0.25, -0.2) is 4.98 Å². The van der Waals surface area contributed by atoms with Gasteiger partial charge in [0.2, 0.25) is 0 Å². The SMILES string of the molecule is Cc1cc(C2=CC(C)CCn3c(C(C)CC4CCOCC4)cc(=NCC4CC(C)C4)nc32)ccc1CNC1CC1. The van der Waals surface area contributed by atoms with E-state index in [4.69, 9.17) is 14.7 Å². The molecule has 3 fully saturated rings. The Balaban J connectivity index is 1.37. The van der Waals surface area contributed by atoms with E-state index in [1.165, 1.54) is 72.9 Å². The van der Waals surface area contributed by atoms with Crippen LogP contribution in [0.2, 0.25) is 0 Å². The highest BCUT2D eigenvalue weighted by atomic mass is 16.5. The summed E-state index contributed by atoms with van der Waals surface area (Å²) in [6.45, 7) is 14.1. The quantitative estimate of drug-likeness (QED) is 0.380. The topological polar surface area (TPSA) is 51.4 Å². The molecule has 2 aromatic rings. The van der Waals surface area contributed by atoms with Gasteiger partial charge in [-0.05, 0) is 105 Å². The van der Waals surface area contributed by atoms with E-state index in [0.717, 1.165) is 74.4 Å². The number of aryl methyl sites for hydroxylation is 1. The van der Waals surface area contributed by atoms with Crippen LogP contribution in [0.25, 0.3) is 5.57 Å². The number of rotatable bonds is 9. The lowest BCUT2D eigenvalue weighted by Gasteiger charge is -2.31. The zero-order chi connectivity index (χ0) is 27.6. The molecule has 2 atom stereocenters. The Morgan fingerprint density at radius 3 is 2.58 bits per heavy atom. The smallest absolute Gasteiger partial charge is 0.151 e. The van der Waals surface area contributed by atoms with E-state index in [9.17, 15) is 0 Å². The van der Waals surface area contributed by atoms with Crippen LogP contribution in [-0.2, 0) is 17.8 Å². The number of hydrogen-bond acceptors (Lipinski definition) is 4. The summed E-state index contributed by atoms with van der Waals surface area (Å²) < 4.78 is 8.23. The van der Waals surface area contributed by atoms with Crippen LogP contribution >= 0.6 is 0 Å². The standard InChI is InChI=1S/C35H50N4O/c1-23-9-12-39-33(26(4)18-27-10-13-40-14-11-27)20-34(37-21-28-15-24(2)16-28)38-35(39)32(17-23)29-5-6-30(25(3)19-29)22-36-31-7-8-31/h5-6,17,19-20,23-24,26-28,31,36H,7-16,18,21-22H2,1-4H3. The zero-order valence-corrected chi connectivity index (χ0v) is 25.3. The van der Waals surface area contributed by atoms with Crippen LogP contribution in [0.4, 0.5) is 0 Å². The van der Waals surface area contributed by atoms with Crippen LogP contribution in [0.5, 0.6) is 0 Å². The van der Waals surface area contributed by atoms with Crippen molar-refractivity contribution >= 4 is 5.57 Å². The lowest BCUT2D eigenvalue weighted by molar-refractivity contribution is 0.0619. The highest BCUT2D eigenvalue weighted by Gasteiger charge is 2.27. The number of allylic oxidation sites excluding steroid dienone is 1. The Bertz CT molecular complexity index is 1280. The predicted octanol–water partition coefficient (Wildman–Crippen LogP) is 6.78. The van der Waals surface area contributed by atoms with Crippen molar-refractivity contribution in [2.75, 3.05) is 19.8 Å². The van der Waals surface area contributed by atoms with Crippen molar-refractivity contribution in [1.82, 2.24) is 14.9 Å². The molecule has 5 nitrogen and oxygen atoms in total. The van der Waals surface area contributed by atoms with E-state index in [1.807, 2.05) is 0 Å². The highest BCUT2D eigenvalue weighted by molar-refractivity contribution is 5.77. The second-order valence-electron chi connectivity index (χ2n) is 13.6. The third kappa shape index (κ3) is 6.62. The maximum absolute atomic E-state index is 5.67. The van der Waals surface area contributed by atoms with E-state index >= 15 is 0 Å². The Morgan fingerprint density at radius 2 is 1.85 bits per heavy atom. The average molecular weight is 543 g/mol. The summed E-state index contributed by atoms with van der Waals surface area (Å²) in [5.41, 5.74) is 7.69. The normalized spacial score (nSPS) is 26.6. The summed E-state index contributed by atoms with van der Waals surface area (Å²) in [7, 11) is 0. The number of benzene rings is 1. The number of nitrogens with one attached hydrogen (secondary N) is 1. The molecule has 0 bridgehead atoms. The summed E-state index contributed by atoms with van der Waals surface area (Å²) >= 11 is 0. The minimum atomic E-state index is 0.467. The van der Waals surface area contributed by atoms with Crippen LogP contribution in [0, 0.1) is 30.6 Å². The molecule has 2 unspecified atom stereocenters. The van der Waals surface area contributed by atoms with Crippen molar-refractivity contribution in [2.45, 2.75) is 104 Å². The Hall–Kier alpha value is -2.24. The summed E-state index contributed by atoms with van der Waals surface area (Å²) in [5.74, 6) is 4.40. The number of hydrogen-bond donors (Lipinski definition) is 1. The lowest BCUT2D eigenvalue weighted by atomic mass is 9.76. The van der Waals surface area contributed by atoms with E-state index in [0.29, 0.717) is 11.8 Å². The molecular weight excluding hydrogens is 492 g/mol. The van der Waals surface area contributed by atoms with Gasteiger partial charge < -0.3 is 14.6 Å². The molecule has 1 aromatic carbocycles. The minimum absolute atomic E-state index is 0.467. The molecule has 0 spiro atoms. The summed E-state index contributed by atoms with van der Waals surface area (Å²) in [4.78, 5) is 10.5. The third-order valence-corrected chi connectivity index (χ3v) is 9.89. The Kier molecular flexibility index (Phi) is 8.60. The fourth-order valence-corrected chi connectivity index (χ4v) is 7.11. The number of nitrogens with zero attached hydrogens (tertiary/aromatic N) is 3. The van der Waals surface area contributed by atoms with Crippen LogP contribution < -0.4 is 10.8 Å². The molecule has 216 valence electrons. The van der Waals surface area contributed by atoms with Crippen LogP contribution in [0.1, 0.15) is 106 Å². The number of fused-ring (bicyclic) bond motifs is 1. The van der Waals surface area contributed by atoms with Gasteiger partial charge in [0.15, 0.2) is 5.49 Å². The molecule has 0 radical (unpaired) electrons. The van der Waals surface area contributed by atoms with Crippen LogP contribution in [-0.4, -0.2) is 35.4 Å². The van der Waals surface area contributed by atoms with Crippen molar-refractivity contribution < 1.29 is 4.74 Å². The fourth-order valence-electron chi connectivity index (χ4n) is 7.11. The van der Waals surface area contributed by atoms with Crippen molar-refractivity contribution in [1.29, 1.82) is 0 Å². The Labute approximate surface area is 241 Å². The molecule has 5 heteroatoms. The molecule has 2 aliphatic heterocycles. The molecule has 3 heterocycles. The lowest BCUT2D eigenvalue weighted by Crippen LogP contribution is -2.27. The van der Waals surface area contributed by atoms with Gasteiger partial charge in [-0.15, -0.1) is 0 Å². The first-order chi connectivity index (χ1) is 19.4. The van der Waals surface area contributed by atoms with E-state index in [2.05, 4.69) is 67.9 Å². The van der Waals surface area contributed by atoms with E-state index in [-0.39, 0.29) is 0 Å². The largest absolute Gasteiger partial charge is 0.381 e. The summed E-state index contributed by atoms with van der Waals surface area (Å²) in [5, 5.41) is 3.69. The first-order valence-corrected chi connectivity index (χ1v) is 16.2. The predicted molar refractivity (Wildman–Crippen MR) is 163 cm³/mol. The first kappa shape index (κ1) is 27.9. The Morgan fingerprint density at radius 1 is 1.05 bits per heavy atom. The van der Waals surface area contributed by atoms with Gasteiger partial charge in [0.1, 0.15) is 5.82 Å². The fraction of sp³-hybridized carbons (Fsp3) is 0.657. The third-order valence-electron chi connectivity index (χ3n) is 9.89. The molecular formula is C35H50N4O. The van der Waals surface area contributed by atoms with Crippen molar-refractivity contribution in [3.8, 4) is 0 Å². The van der Waals surface area contributed by atoms with Gasteiger partial charge in [-0.2, -0.15) is 0 Å². The van der Waals surface area contributed by atoms with Gasteiger partial charge in [0, 0.05) is 56.2 Å². The maximum atomic E-state index is 5.67. The molecule has 1 saturated heterocycles. The highest BCUT2D eigenvalue weighted by Crippen LogP contribution is 2.35. The zero-order valence-electron chi connectivity index (χ0n) is 25.3. The molecule has 40 heavy (non-hydrogen) atoms. The van der Waals surface area contributed by atoms with Gasteiger partial charge in [-0.3, -0.25) is 4.99 Å². The van der Waals surface area contributed by atoms with Gasteiger partial charge >= 0.3 is 0 Å². The second-order valence-corrected chi connectivity index (χ2v) is 13.6. The van der Waals surface area contributed by atoms with Gasteiger partial charge in [0.05, 0.1) is 0 Å². The number of aromatic nitrogens is 2. The first-order valence-electron chi connectivity index (χ1n) is 16.2. The molecule has 2 aliphatic carbocycles. The molecule has 2 saturated carbocycles. The minimum Gasteiger partial charge on any atom is -0.381 e.